The first kappa shape index (κ1) is 40.3. The second kappa shape index (κ2) is 16.7. The molecule has 0 radical (unpaired) electrons. The number of benzene rings is 11. The van der Waals surface area contributed by atoms with Gasteiger partial charge in [0.25, 0.3) is 0 Å². The molecule has 0 N–H and O–H groups in total. The Morgan fingerprint density at radius 3 is 1.46 bits per heavy atom. The average molecular weight is 880 g/mol. The Kier molecular flexibility index (Phi) is 9.77. The smallest absolute Gasteiger partial charge is 0.136 e. The number of nitrogens with zero attached hydrogens (tertiary/aromatic N) is 1. The molecular formula is C67H45NO. The van der Waals surface area contributed by atoms with E-state index in [0.29, 0.717) is 0 Å². The summed E-state index contributed by atoms with van der Waals surface area (Å²) in [5.74, 6) is 0. The zero-order valence-corrected chi connectivity index (χ0v) is 37.8. The molecule has 0 saturated heterocycles. The van der Waals surface area contributed by atoms with Crippen molar-refractivity contribution in [2.45, 2.75) is 5.41 Å². The minimum Gasteiger partial charge on any atom is -0.456 e. The summed E-state index contributed by atoms with van der Waals surface area (Å²) in [6.45, 7) is 0. The quantitative estimate of drug-likeness (QED) is 0.144. The molecule has 11 aromatic carbocycles. The summed E-state index contributed by atoms with van der Waals surface area (Å²) in [7, 11) is 0. The van der Waals surface area contributed by atoms with Gasteiger partial charge in [0.05, 0.1) is 11.1 Å². The van der Waals surface area contributed by atoms with Crippen LogP contribution in [-0.2, 0) is 5.41 Å². The lowest BCUT2D eigenvalue weighted by Gasteiger charge is -2.34. The van der Waals surface area contributed by atoms with Gasteiger partial charge in [-0.25, -0.2) is 0 Å². The highest BCUT2D eigenvalue weighted by Gasteiger charge is 2.47. The number of furan rings is 1. The lowest BCUT2D eigenvalue weighted by atomic mass is 9.67. The number of fused-ring (bicyclic) bond motifs is 6. The fraction of sp³-hybridized carbons (Fsp3) is 0.0149. The van der Waals surface area contributed by atoms with Crippen molar-refractivity contribution >= 4 is 39.0 Å². The third-order valence-electron chi connectivity index (χ3n) is 14.2. The van der Waals surface area contributed by atoms with Crippen molar-refractivity contribution in [1.29, 1.82) is 0 Å². The maximum Gasteiger partial charge on any atom is 0.136 e. The van der Waals surface area contributed by atoms with E-state index in [1.807, 2.05) is 12.1 Å². The summed E-state index contributed by atoms with van der Waals surface area (Å²) in [6, 6.07) is 99.3. The van der Waals surface area contributed by atoms with Crippen LogP contribution in [0.25, 0.3) is 77.6 Å². The summed E-state index contributed by atoms with van der Waals surface area (Å²) in [5.41, 5.74) is 21.3. The molecule has 0 unspecified atom stereocenters. The Hall–Kier alpha value is -8.98. The molecule has 2 nitrogen and oxygen atoms in total. The maximum atomic E-state index is 6.41. The van der Waals surface area contributed by atoms with Crippen LogP contribution in [0.15, 0.2) is 277 Å². The van der Waals surface area contributed by atoms with Crippen molar-refractivity contribution in [3.63, 3.8) is 0 Å². The SMILES string of the molecule is c1ccc(-c2ccc(-c3cccc(N(c4cccc(-c5ccc6c(c5)oc5ccccc56)c4)c4ccccc4-c4cccc5c4-c4ccccc4C5(c4ccccc4)c4ccccc4)c3)cc2)cc1. The molecule has 1 aliphatic carbocycles. The molecule has 0 saturated carbocycles. The summed E-state index contributed by atoms with van der Waals surface area (Å²) < 4.78 is 6.41. The molecular weight excluding hydrogens is 835 g/mol. The largest absolute Gasteiger partial charge is 0.456 e. The fourth-order valence-electron chi connectivity index (χ4n) is 11.1. The lowest BCUT2D eigenvalue weighted by Crippen LogP contribution is -2.28. The van der Waals surface area contributed by atoms with Crippen LogP contribution in [0.4, 0.5) is 17.1 Å². The molecule has 1 heterocycles. The van der Waals surface area contributed by atoms with E-state index in [1.165, 1.54) is 50.1 Å². The molecule has 0 aliphatic heterocycles. The molecule has 69 heavy (non-hydrogen) atoms. The maximum absolute atomic E-state index is 6.41. The Labute approximate surface area is 402 Å². The van der Waals surface area contributed by atoms with E-state index in [2.05, 4.69) is 266 Å². The average Bonchev–Trinajstić information content (AvgIpc) is 3.96. The van der Waals surface area contributed by atoms with Crippen molar-refractivity contribution in [3.05, 3.63) is 295 Å². The molecule has 0 bridgehead atoms. The molecule has 1 aromatic heterocycles. The monoisotopic (exact) mass is 879 g/mol. The normalized spacial score (nSPS) is 12.5. The van der Waals surface area contributed by atoms with Crippen LogP contribution in [0.2, 0.25) is 0 Å². The highest BCUT2D eigenvalue weighted by atomic mass is 16.3. The zero-order valence-electron chi connectivity index (χ0n) is 37.8. The minimum atomic E-state index is -0.515. The molecule has 2 heteroatoms. The topological polar surface area (TPSA) is 16.4 Å². The summed E-state index contributed by atoms with van der Waals surface area (Å²) in [5, 5.41) is 2.25. The second-order valence-corrected chi connectivity index (χ2v) is 18.0. The first-order chi connectivity index (χ1) is 34.2. The number of para-hydroxylation sites is 2. The van der Waals surface area contributed by atoms with Gasteiger partial charge in [0.1, 0.15) is 11.2 Å². The van der Waals surface area contributed by atoms with Crippen LogP contribution in [0, 0.1) is 0 Å². The van der Waals surface area contributed by atoms with E-state index < -0.39 is 5.41 Å². The third kappa shape index (κ3) is 6.72. The number of hydrogen-bond acceptors (Lipinski definition) is 2. The zero-order chi connectivity index (χ0) is 45.7. The Morgan fingerprint density at radius 2 is 0.754 bits per heavy atom. The van der Waals surface area contributed by atoms with Crippen LogP contribution in [0.3, 0.4) is 0 Å². The number of rotatable bonds is 9. The number of hydrogen-bond donors (Lipinski definition) is 0. The van der Waals surface area contributed by atoms with Gasteiger partial charge in [-0.15, -0.1) is 0 Å². The molecule has 12 aromatic rings. The van der Waals surface area contributed by atoms with Crippen molar-refractivity contribution in [2.24, 2.45) is 0 Å². The van der Waals surface area contributed by atoms with Gasteiger partial charge in [-0.3, -0.25) is 0 Å². The van der Waals surface area contributed by atoms with Crippen LogP contribution >= 0.6 is 0 Å². The molecule has 0 spiro atoms. The molecule has 0 atom stereocenters. The predicted molar refractivity (Wildman–Crippen MR) is 287 cm³/mol. The van der Waals surface area contributed by atoms with Gasteiger partial charge < -0.3 is 9.32 Å². The van der Waals surface area contributed by atoms with Gasteiger partial charge >= 0.3 is 0 Å². The Bertz CT molecular complexity index is 3790. The van der Waals surface area contributed by atoms with Gasteiger partial charge in [0.15, 0.2) is 0 Å². The van der Waals surface area contributed by atoms with Gasteiger partial charge in [0.2, 0.25) is 0 Å². The van der Waals surface area contributed by atoms with Crippen molar-refractivity contribution in [2.75, 3.05) is 4.90 Å². The molecule has 324 valence electrons. The van der Waals surface area contributed by atoms with Crippen LogP contribution in [0.5, 0.6) is 0 Å². The minimum absolute atomic E-state index is 0.515. The predicted octanol–water partition coefficient (Wildman–Crippen LogP) is 18.1. The van der Waals surface area contributed by atoms with Crippen LogP contribution in [-0.4, -0.2) is 0 Å². The lowest BCUT2D eigenvalue weighted by molar-refractivity contribution is 0.669. The van der Waals surface area contributed by atoms with Crippen molar-refractivity contribution < 1.29 is 4.42 Å². The van der Waals surface area contributed by atoms with E-state index in [9.17, 15) is 0 Å². The van der Waals surface area contributed by atoms with Crippen LogP contribution < -0.4 is 4.90 Å². The van der Waals surface area contributed by atoms with E-state index in [-0.39, 0.29) is 0 Å². The third-order valence-corrected chi connectivity index (χ3v) is 14.2. The van der Waals surface area contributed by atoms with Gasteiger partial charge in [-0.1, -0.05) is 224 Å². The van der Waals surface area contributed by atoms with E-state index in [0.717, 1.165) is 66.8 Å². The Balaban J connectivity index is 1.01. The van der Waals surface area contributed by atoms with Crippen LogP contribution in [0.1, 0.15) is 22.3 Å². The molecule has 1 aliphatic rings. The standard InChI is InChI=1S/C67H45NO/c1-4-19-46(20-5-1)47-37-39-48(40-38-47)49-21-16-27-54(43-49)68(55-28-17-22-50(44-55)51-41-42-58-57-30-12-15-36-64(57)69-65(58)45-51)63-35-14-11-29-56(63)59-32-18-34-62-66(59)60-31-10-13-33-61(60)67(62,52-23-6-2-7-24-52)53-25-8-3-9-26-53/h1-45H. The molecule has 0 fully saturated rings. The highest BCUT2D eigenvalue weighted by molar-refractivity contribution is 6.06. The van der Waals surface area contributed by atoms with Gasteiger partial charge in [-0.2, -0.15) is 0 Å². The first-order valence-corrected chi connectivity index (χ1v) is 23.7. The summed E-state index contributed by atoms with van der Waals surface area (Å²) >= 11 is 0. The Morgan fingerprint density at radius 1 is 0.290 bits per heavy atom. The molecule has 0 amide bonds. The van der Waals surface area contributed by atoms with E-state index in [4.69, 9.17) is 4.42 Å². The fourth-order valence-corrected chi connectivity index (χ4v) is 11.1. The highest BCUT2D eigenvalue weighted by Crippen LogP contribution is 2.59. The van der Waals surface area contributed by atoms with E-state index in [1.54, 1.807) is 0 Å². The second-order valence-electron chi connectivity index (χ2n) is 18.0. The van der Waals surface area contributed by atoms with Gasteiger partial charge in [-0.05, 0) is 121 Å². The summed E-state index contributed by atoms with van der Waals surface area (Å²) in [6.07, 6.45) is 0. The molecule has 13 rings (SSSR count). The van der Waals surface area contributed by atoms with Crippen molar-refractivity contribution in [1.82, 2.24) is 0 Å². The van der Waals surface area contributed by atoms with E-state index >= 15 is 0 Å². The number of anilines is 3. The van der Waals surface area contributed by atoms with Crippen molar-refractivity contribution in [3.8, 4) is 55.6 Å². The first-order valence-electron chi connectivity index (χ1n) is 23.7. The van der Waals surface area contributed by atoms with Gasteiger partial charge in [0, 0.05) is 27.7 Å². The summed E-state index contributed by atoms with van der Waals surface area (Å²) in [4.78, 5) is 2.45.